The second-order valence-electron chi connectivity index (χ2n) is 6.94. The number of methoxy groups -OCH3 is 1. The average molecular weight is 549 g/mol. The number of nitrogens with zero attached hydrogens (tertiary/aromatic N) is 5. The van der Waals surface area contributed by atoms with E-state index in [1.807, 2.05) is 48.5 Å². The summed E-state index contributed by atoms with van der Waals surface area (Å²) in [6.45, 7) is 0.377. The Balaban J connectivity index is 1.23. The predicted octanol–water partition coefficient (Wildman–Crippen LogP) is 4.14. The normalized spacial score (nSPS) is 10.8. The molecule has 0 saturated heterocycles. The molecule has 35 heavy (non-hydrogen) atoms. The van der Waals surface area contributed by atoms with Crippen LogP contribution in [0.4, 0.5) is 10.8 Å². The molecule has 0 saturated carbocycles. The molecule has 0 radical (unpaired) electrons. The number of nitrogens with two attached hydrogens (primary N) is 1. The van der Waals surface area contributed by atoms with Gasteiger partial charge in [0.2, 0.25) is 16.2 Å². The third-order valence-electron chi connectivity index (χ3n) is 4.57. The summed E-state index contributed by atoms with van der Waals surface area (Å²) in [4.78, 5) is 12.4. The highest BCUT2D eigenvalue weighted by molar-refractivity contribution is 8.00. The van der Waals surface area contributed by atoms with Gasteiger partial charge in [0.05, 0.1) is 19.4 Å². The molecule has 0 spiro atoms. The van der Waals surface area contributed by atoms with Crippen molar-refractivity contribution in [3.8, 4) is 5.75 Å². The lowest BCUT2D eigenvalue weighted by molar-refractivity contribution is -0.113. The Morgan fingerprint density at radius 2 is 1.91 bits per heavy atom. The number of ether oxygens (including phenoxy) is 1. The second-order valence-corrected chi connectivity index (χ2v) is 10.5. The molecule has 0 fully saturated rings. The van der Waals surface area contributed by atoms with E-state index in [4.69, 9.17) is 22.2 Å². The van der Waals surface area contributed by atoms with Crippen LogP contribution in [0.5, 0.6) is 5.75 Å². The molecule has 2 aromatic carbocycles. The van der Waals surface area contributed by atoms with Gasteiger partial charge in [-0.05, 0) is 35.9 Å². The van der Waals surface area contributed by atoms with Gasteiger partial charge in [0, 0.05) is 16.5 Å². The maximum absolute atomic E-state index is 12.4. The molecular weight excluding hydrogens is 528 g/mol. The number of nitrogen functional groups attached to an aromatic ring is 1. The number of aromatic nitrogens is 5. The Bertz CT molecular complexity index is 1280. The number of carbonyl (C=O) groups is 1. The minimum absolute atomic E-state index is 0.100. The predicted molar refractivity (Wildman–Crippen MR) is 141 cm³/mol. The fourth-order valence-electron chi connectivity index (χ4n) is 2.78. The summed E-state index contributed by atoms with van der Waals surface area (Å²) in [6, 6.07) is 15.1. The Kier molecular flexibility index (Phi) is 8.69. The van der Waals surface area contributed by atoms with Crippen molar-refractivity contribution in [2.75, 3.05) is 29.3 Å². The van der Waals surface area contributed by atoms with E-state index in [1.54, 1.807) is 7.11 Å². The number of amides is 1. The van der Waals surface area contributed by atoms with Crippen molar-refractivity contribution in [1.29, 1.82) is 0 Å². The van der Waals surface area contributed by atoms with Gasteiger partial charge in [-0.2, -0.15) is 0 Å². The first-order valence-corrected chi connectivity index (χ1v) is 13.4. The van der Waals surface area contributed by atoms with E-state index in [-0.39, 0.29) is 11.7 Å². The first-order chi connectivity index (χ1) is 17.0. The Morgan fingerprint density at radius 3 is 2.69 bits per heavy atom. The summed E-state index contributed by atoms with van der Waals surface area (Å²) >= 11 is 10.2. The highest BCUT2D eigenvalue weighted by atomic mass is 35.5. The Hall–Kier alpha value is -3.00. The van der Waals surface area contributed by atoms with Gasteiger partial charge in [-0.15, -0.1) is 20.4 Å². The smallest absolute Gasteiger partial charge is 0.236 e. The first-order valence-electron chi connectivity index (χ1n) is 10.2. The van der Waals surface area contributed by atoms with E-state index >= 15 is 0 Å². The number of hydrogen-bond donors (Lipinski definition) is 3. The molecule has 0 aliphatic rings. The Labute approximate surface area is 219 Å². The van der Waals surface area contributed by atoms with E-state index in [1.165, 1.54) is 39.5 Å². The van der Waals surface area contributed by atoms with Crippen LogP contribution in [0.25, 0.3) is 0 Å². The summed E-state index contributed by atoms with van der Waals surface area (Å²) in [6.07, 6.45) is 0. The van der Waals surface area contributed by atoms with Gasteiger partial charge in [0.1, 0.15) is 5.75 Å². The van der Waals surface area contributed by atoms with Gasteiger partial charge in [-0.1, -0.05) is 64.7 Å². The summed E-state index contributed by atoms with van der Waals surface area (Å²) in [5.74, 6) is 7.93. The standard InChI is InChI=1S/C21H21ClN8O2S3/c1-32-15-8-6-14(7-9-15)24-10-17-26-28-20(30(17)23)33-12-18(31)25-19-27-29-21(35-19)34-11-13-4-2-3-5-16(13)22/h2-9,24H,10-12,23H2,1H3,(H,25,27,31). The minimum Gasteiger partial charge on any atom is -0.497 e. The van der Waals surface area contributed by atoms with E-state index in [2.05, 4.69) is 31.0 Å². The summed E-state index contributed by atoms with van der Waals surface area (Å²) in [7, 11) is 1.62. The molecular formula is C21H21ClN8O2S3. The van der Waals surface area contributed by atoms with Crippen molar-refractivity contribution in [3.05, 3.63) is 64.9 Å². The molecule has 1 amide bonds. The van der Waals surface area contributed by atoms with Crippen molar-refractivity contribution in [1.82, 2.24) is 25.1 Å². The molecule has 4 N–H and O–H groups in total. The van der Waals surface area contributed by atoms with Gasteiger partial charge < -0.3 is 15.9 Å². The number of hydrogen-bond acceptors (Lipinski definition) is 11. The van der Waals surface area contributed by atoms with Crippen LogP contribution in [0, 0.1) is 0 Å². The van der Waals surface area contributed by atoms with Crippen LogP contribution in [-0.4, -0.2) is 43.8 Å². The van der Waals surface area contributed by atoms with E-state index in [9.17, 15) is 4.79 Å². The molecule has 182 valence electrons. The zero-order valence-corrected chi connectivity index (χ0v) is 21.7. The SMILES string of the molecule is COc1ccc(NCc2nnc(SCC(=O)Nc3nnc(SCc4ccccc4Cl)s3)n2N)cc1. The summed E-state index contributed by atoms with van der Waals surface area (Å²) in [5, 5.41) is 23.8. The number of benzene rings is 2. The molecule has 4 rings (SSSR count). The number of anilines is 2. The molecule has 0 unspecified atom stereocenters. The second kappa shape index (κ2) is 12.1. The zero-order valence-electron chi connectivity index (χ0n) is 18.5. The van der Waals surface area contributed by atoms with Crippen LogP contribution >= 0.6 is 46.5 Å². The van der Waals surface area contributed by atoms with Crippen molar-refractivity contribution < 1.29 is 9.53 Å². The maximum atomic E-state index is 12.4. The first kappa shape index (κ1) is 25.1. The van der Waals surface area contributed by atoms with Gasteiger partial charge >= 0.3 is 0 Å². The lowest BCUT2D eigenvalue weighted by atomic mass is 10.2. The molecule has 10 nitrogen and oxygen atoms in total. The maximum Gasteiger partial charge on any atom is 0.236 e. The van der Waals surface area contributed by atoms with Crippen LogP contribution in [0.1, 0.15) is 11.4 Å². The zero-order chi connectivity index (χ0) is 24.6. The number of halogens is 1. The van der Waals surface area contributed by atoms with Crippen LogP contribution in [0.15, 0.2) is 58.0 Å². The quantitative estimate of drug-likeness (QED) is 0.143. The topological polar surface area (TPSA) is 133 Å². The molecule has 14 heteroatoms. The van der Waals surface area contributed by atoms with E-state index < -0.39 is 0 Å². The van der Waals surface area contributed by atoms with Gasteiger partial charge in [-0.25, -0.2) is 4.68 Å². The fraction of sp³-hybridized carbons (Fsp3) is 0.190. The third kappa shape index (κ3) is 7.01. The van der Waals surface area contributed by atoms with Gasteiger partial charge in [0.25, 0.3) is 0 Å². The van der Waals surface area contributed by atoms with Gasteiger partial charge in [0.15, 0.2) is 10.2 Å². The molecule has 0 aliphatic carbocycles. The average Bonchev–Trinajstić information content (AvgIpc) is 3.47. The van der Waals surface area contributed by atoms with Crippen molar-refractivity contribution in [2.24, 2.45) is 0 Å². The van der Waals surface area contributed by atoms with Crippen LogP contribution in [0.3, 0.4) is 0 Å². The number of thioether (sulfide) groups is 2. The van der Waals surface area contributed by atoms with Gasteiger partial charge in [-0.3, -0.25) is 10.1 Å². The van der Waals surface area contributed by atoms with Crippen molar-refractivity contribution in [2.45, 2.75) is 21.8 Å². The van der Waals surface area contributed by atoms with Crippen molar-refractivity contribution >= 4 is 63.2 Å². The van der Waals surface area contributed by atoms with E-state index in [0.717, 1.165) is 21.3 Å². The van der Waals surface area contributed by atoms with Crippen molar-refractivity contribution in [3.63, 3.8) is 0 Å². The van der Waals surface area contributed by atoms with Crippen LogP contribution < -0.4 is 21.2 Å². The molecule has 2 aromatic heterocycles. The third-order valence-corrected chi connectivity index (χ3v) is 7.90. The number of carbonyl (C=O) groups excluding carboxylic acids is 1. The molecule has 2 heterocycles. The molecule has 0 aliphatic heterocycles. The van der Waals surface area contributed by atoms with Crippen LogP contribution in [0.2, 0.25) is 5.02 Å². The largest absolute Gasteiger partial charge is 0.497 e. The van der Waals surface area contributed by atoms with E-state index in [0.29, 0.717) is 33.4 Å². The Morgan fingerprint density at radius 1 is 1.11 bits per heavy atom. The monoisotopic (exact) mass is 548 g/mol. The molecule has 4 aromatic rings. The summed E-state index contributed by atoms with van der Waals surface area (Å²) in [5.41, 5.74) is 1.91. The van der Waals surface area contributed by atoms with Crippen LogP contribution in [-0.2, 0) is 17.1 Å². The fourth-order valence-corrected chi connectivity index (χ4v) is 5.50. The lowest BCUT2D eigenvalue weighted by Gasteiger charge is -2.07. The molecule has 0 atom stereocenters. The lowest BCUT2D eigenvalue weighted by Crippen LogP contribution is -2.18. The highest BCUT2D eigenvalue weighted by Crippen LogP contribution is 2.30. The minimum atomic E-state index is -0.241. The highest BCUT2D eigenvalue weighted by Gasteiger charge is 2.14. The number of nitrogens with one attached hydrogen (secondary N) is 2. The molecule has 0 bridgehead atoms. The number of rotatable bonds is 11. The summed E-state index contributed by atoms with van der Waals surface area (Å²) < 4.78 is 7.25.